The maximum atomic E-state index is 4.56. The molecule has 2 aromatic rings. The molecule has 0 bridgehead atoms. The van der Waals surface area contributed by atoms with Crippen LogP contribution >= 0.6 is 0 Å². The van der Waals surface area contributed by atoms with E-state index in [0.29, 0.717) is 6.04 Å². The Morgan fingerprint density at radius 2 is 2.26 bits per heavy atom. The summed E-state index contributed by atoms with van der Waals surface area (Å²) in [6.07, 6.45) is 12.6. The summed E-state index contributed by atoms with van der Waals surface area (Å²) in [7, 11) is 0. The average Bonchev–Trinajstić information content (AvgIpc) is 3.04. The number of hydrogen-bond donors (Lipinski definition) is 1. The van der Waals surface area contributed by atoms with Gasteiger partial charge in [-0.3, -0.25) is 4.57 Å². The van der Waals surface area contributed by atoms with Crippen LogP contribution in [-0.4, -0.2) is 25.6 Å². The third-order valence-electron chi connectivity index (χ3n) is 4.31. The lowest BCUT2D eigenvalue weighted by atomic mass is 9.96. The maximum absolute atomic E-state index is 4.56. The lowest BCUT2D eigenvalue weighted by Gasteiger charge is -2.22. The second kappa shape index (κ2) is 4.33. The fourth-order valence-electron chi connectivity index (χ4n) is 3.21. The summed E-state index contributed by atoms with van der Waals surface area (Å²) in [6, 6.07) is 2.46. The van der Waals surface area contributed by atoms with Crippen LogP contribution in [0.2, 0.25) is 0 Å². The Balaban J connectivity index is 1.53. The van der Waals surface area contributed by atoms with Crippen molar-refractivity contribution in [1.82, 2.24) is 19.5 Å². The molecule has 19 heavy (non-hydrogen) atoms. The van der Waals surface area contributed by atoms with Gasteiger partial charge in [0, 0.05) is 24.6 Å². The van der Waals surface area contributed by atoms with E-state index in [0.717, 1.165) is 23.6 Å². The van der Waals surface area contributed by atoms with Gasteiger partial charge in [0.15, 0.2) is 0 Å². The Hall–Kier alpha value is -1.91. The van der Waals surface area contributed by atoms with Gasteiger partial charge < -0.3 is 5.32 Å². The molecule has 0 amide bonds. The molecular weight excluding hydrogens is 238 g/mol. The van der Waals surface area contributed by atoms with E-state index < -0.39 is 0 Å². The number of anilines is 1. The Bertz CT molecular complexity index is 565. The highest BCUT2D eigenvalue weighted by Crippen LogP contribution is 2.50. The molecule has 3 atom stereocenters. The zero-order valence-corrected chi connectivity index (χ0v) is 10.7. The molecular formula is C14H17N5. The number of nitrogens with zero attached hydrogens (tertiary/aromatic N) is 4. The van der Waals surface area contributed by atoms with E-state index in [1.165, 1.54) is 25.7 Å². The first kappa shape index (κ1) is 11.0. The van der Waals surface area contributed by atoms with Crippen LogP contribution in [0.4, 0.5) is 5.95 Å². The van der Waals surface area contributed by atoms with Gasteiger partial charge in [0.2, 0.25) is 5.95 Å². The number of aromatic nitrogens is 4. The summed E-state index contributed by atoms with van der Waals surface area (Å²) in [4.78, 5) is 12.9. The van der Waals surface area contributed by atoms with Gasteiger partial charge in [-0.15, -0.1) is 0 Å². The van der Waals surface area contributed by atoms with Crippen molar-refractivity contribution in [3.8, 4) is 5.82 Å². The molecule has 2 saturated carbocycles. The summed E-state index contributed by atoms with van der Waals surface area (Å²) < 4.78 is 1.90. The fourth-order valence-corrected chi connectivity index (χ4v) is 3.21. The van der Waals surface area contributed by atoms with Gasteiger partial charge in [-0.1, -0.05) is 12.8 Å². The van der Waals surface area contributed by atoms with Gasteiger partial charge in [-0.25, -0.2) is 9.97 Å². The zero-order valence-electron chi connectivity index (χ0n) is 10.7. The molecule has 2 aliphatic carbocycles. The fraction of sp³-hybridized carbons (Fsp3) is 0.500. The van der Waals surface area contributed by atoms with Gasteiger partial charge >= 0.3 is 0 Å². The minimum Gasteiger partial charge on any atom is -0.351 e. The number of imidazole rings is 1. The van der Waals surface area contributed by atoms with E-state index in [2.05, 4.69) is 20.3 Å². The van der Waals surface area contributed by atoms with Crippen LogP contribution in [0.15, 0.2) is 31.0 Å². The van der Waals surface area contributed by atoms with E-state index in [1.54, 1.807) is 18.7 Å². The molecule has 2 aromatic heterocycles. The van der Waals surface area contributed by atoms with Crippen LogP contribution in [-0.2, 0) is 0 Å². The first-order valence-electron chi connectivity index (χ1n) is 6.98. The molecule has 5 nitrogen and oxygen atoms in total. The summed E-state index contributed by atoms with van der Waals surface area (Å²) >= 11 is 0. The van der Waals surface area contributed by atoms with E-state index in [9.17, 15) is 0 Å². The van der Waals surface area contributed by atoms with Crippen LogP contribution in [0.5, 0.6) is 0 Å². The van der Waals surface area contributed by atoms with Crippen LogP contribution < -0.4 is 5.32 Å². The van der Waals surface area contributed by atoms with Gasteiger partial charge in [-0.2, -0.15) is 4.98 Å². The number of hydrogen-bond acceptors (Lipinski definition) is 4. The highest BCUT2D eigenvalue weighted by molar-refractivity contribution is 5.33. The lowest BCUT2D eigenvalue weighted by molar-refractivity contribution is 0.438. The topological polar surface area (TPSA) is 55.6 Å². The molecule has 0 aliphatic heterocycles. The van der Waals surface area contributed by atoms with Crippen molar-refractivity contribution < 1.29 is 0 Å². The average molecular weight is 255 g/mol. The molecule has 4 rings (SSSR count). The highest BCUT2D eigenvalue weighted by Gasteiger charge is 2.45. The lowest BCUT2D eigenvalue weighted by Crippen LogP contribution is -2.26. The molecule has 2 aliphatic rings. The second-order valence-electron chi connectivity index (χ2n) is 5.55. The third kappa shape index (κ3) is 2.09. The first-order chi connectivity index (χ1) is 9.40. The summed E-state index contributed by atoms with van der Waals surface area (Å²) in [6.45, 7) is 0. The number of nitrogens with one attached hydrogen (secondary N) is 1. The van der Waals surface area contributed by atoms with Gasteiger partial charge in [0.25, 0.3) is 0 Å². The zero-order chi connectivity index (χ0) is 12.7. The van der Waals surface area contributed by atoms with Crippen molar-refractivity contribution in [2.45, 2.75) is 31.7 Å². The predicted octanol–water partition coefficient (Wildman–Crippen LogP) is 2.26. The largest absolute Gasteiger partial charge is 0.351 e. The number of rotatable bonds is 3. The first-order valence-corrected chi connectivity index (χ1v) is 6.98. The standard InChI is InChI=1S/C14H17N5/c1-2-10-8-11(10)12(3-1)17-14-16-5-4-13(18-14)19-7-6-15-9-19/h4-7,9-12H,1-3,8H2,(H,16,17,18). The Morgan fingerprint density at radius 3 is 3.16 bits per heavy atom. The van der Waals surface area contributed by atoms with Crippen LogP contribution in [0, 0.1) is 11.8 Å². The van der Waals surface area contributed by atoms with E-state index in [-0.39, 0.29) is 0 Å². The van der Waals surface area contributed by atoms with Crippen LogP contribution in [0.1, 0.15) is 25.7 Å². The normalized spacial score (nSPS) is 28.7. The summed E-state index contributed by atoms with van der Waals surface area (Å²) in [5.74, 6) is 3.42. The molecule has 5 heteroatoms. The van der Waals surface area contributed by atoms with Gasteiger partial charge in [-0.05, 0) is 30.7 Å². The molecule has 2 fully saturated rings. The van der Waals surface area contributed by atoms with Crippen LogP contribution in [0.25, 0.3) is 5.82 Å². The van der Waals surface area contributed by atoms with Crippen molar-refractivity contribution in [1.29, 1.82) is 0 Å². The Morgan fingerprint density at radius 1 is 1.26 bits per heavy atom. The van der Waals surface area contributed by atoms with Gasteiger partial charge in [0.1, 0.15) is 12.1 Å². The molecule has 0 spiro atoms. The number of fused-ring (bicyclic) bond motifs is 1. The quantitative estimate of drug-likeness (QED) is 0.914. The van der Waals surface area contributed by atoms with E-state index in [1.807, 2.05) is 16.8 Å². The van der Waals surface area contributed by atoms with Crippen molar-refractivity contribution in [3.63, 3.8) is 0 Å². The molecule has 1 N–H and O–H groups in total. The summed E-state index contributed by atoms with van der Waals surface area (Å²) in [5, 5.41) is 3.52. The molecule has 0 saturated heterocycles. The monoisotopic (exact) mass is 255 g/mol. The molecule has 0 radical (unpaired) electrons. The van der Waals surface area contributed by atoms with Crippen molar-refractivity contribution in [2.24, 2.45) is 11.8 Å². The van der Waals surface area contributed by atoms with Crippen molar-refractivity contribution in [3.05, 3.63) is 31.0 Å². The Kier molecular flexibility index (Phi) is 2.50. The van der Waals surface area contributed by atoms with Crippen molar-refractivity contribution in [2.75, 3.05) is 5.32 Å². The predicted molar refractivity (Wildman–Crippen MR) is 72.0 cm³/mol. The molecule has 3 unspecified atom stereocenters. The minimum absolute atomic E-state index is 0.566. The highest BCUT2D eigenvalue weighted by atomic mass is 15.2. The van der Waals surface area contributed by atoms with Crippen LogP contribution in [0.3, 0.4) is 0 Å². The van der Waals surface area contributed by atoms with Gasteiger partial charge in [0.05, 0.1) is 0 Å². The van der Waals surface area contributed by atoms with Crippen molar-refractivity contribution >= 4 is 5.95 Å². The summed E-state index contributed by atoms with van der Waals surface area (Å²) in [5.41, 5.74) is 0. The Labute approximate surface area is 112 Å². The smallest absolute Gasteiger partial charge is 0.224 e. The van der Waals surface area contributed by atoms with E-state index >= 15 is 0 Å². The van der Waals surface area contributed by atoms with E-state index in [4.69, 9.17) is 0 Å². The molecule has 2 heterocycles. The SMILES string of the molecule is c1cn(-c2ccnc(NC3CCCC4CC43)n2)cn1. The second-order valence-corrected chi connectivity index (χ2v) is 5.55. The minimum atomic E-state index is 0.566. The molecule has 98 valence electrons. The molecule has 0 aromatic carbocycles. The maximum Gasteiger partial charge on any atom is 0.224 e. The third-order valence-corrected chi connectivity index (χ3v) is 4.31.